The fourth-order valence-electron chi connectivity index (χ4n) is 9.81. The molecule has 1 amide bonds. The summed E-state index contributed by atoms with van der Waals surface area (Å²) in [6.07, 6.45) is 14.4. The van der Waals surface area contributed by atoms with Crippen LogP contribution in [0, 0.1) is 39.2 Å². The molecule has 0 atom stereocenters. The quantitative estimate of drug-likeness (QED) is 0.236. The Hall–Kier alpha value is -3.18. The number of sulfonamides is 1. The molecular weight excluding hydrogens is 602 g/mol. The van der Waals surface area contributed by atoms with E-state index >= 15 is 0 Å². The summed E-state index contributed by atoms with van der Waals surface area (Å²) in [6.45, 7) is 5.76. The van der Waals surface area contributed by atoms with E-state index in [1.54, 1.807) is 12.1 Å². The molecule has 2 aromatic rings. The second-order valence-corrected chi connectivity index (χ2v) is 16.7. The van der Waals surface area contributed by atoms with E-state index in [1.807, 2.05) is 12.1 Å². The van der Waals surface area contributed by atoms with Crippen LogP contribution >= 0.6 is 0 Å². The standard InChI is InChI=1S/C35H47N5O5S/c41-34(37-46(44,45)31-10-11-32(33(19-31)40(42)43)36-23-25-4-2-1-3-5-25)29-6-8-30(9-7-29)39-14-12-38(13-15-39)24-35-20-26-16-27(21-35)18-28(17-26)22-35/h6-11,19,25-28,36H,1-5,12-18,20-24H2,(H,37,41). The van der Waals surface area contributed by atoms with Crippen LogP contribution in [-0.4, -0.2) is 63.4 Å². The molecule has 1 saturated heterocycles. The van der Waals surface area contributed by atoms with Gasteiger partial charge in [0.15, 0.2) is 0 Å². The summed E-state index contributed by atoms with van der Waals surface area (Å²) in [5.41, 5.74) is 1.73. The number of nitrogens with one attached hydrogen (secondary N) is 2. The summed E-state index contributed by atoms with van der Waals surface area (Å²) in [5, 5.41) is 14.9. The van der Waals surface area contributed by atoms with Crippen molar-refractivity contribution < 1.29 is 18.1 Å². The van der Waals surface area contributed by atoms with Gasteiger partial charge < -0.3 is 10.2 Å². The summed E-state index contributed by atoms with van der Waals surface area (Å²) in [5.74, 6) is 2.58. The van der Waals surface area contributed by atoms with Gasteiger partial charge >= 0.3 is 0 Å². The third-order valence-electron chi connectivity index (χ3n) is 11.6. The van der Waals surface area contributed by atoms with Crippen molar-refractivity contribution in [3.05, 3.63) is 58.1 Å². The van der Waals surface area contributed by atoms with Crippen molar-refractivity contribution in [2.24, 2.45) is 29.1 Å². The molecule has 10 nitrogen and oxygen atoms in total. The third kappa shape index (κ3) is 6.76. The van der Waals surface area contributed by atoms with Crippen LogP contribution in [0.3, 0.4) is 0 Å². The molecule has 2 aromatic carbocycles. The van der Waals surface area contributed by atoms with Gasteiger partial charge in [0.2, 0.25) is 0 Å². The number of hydrogen-bond donors (Lipinski definition) is 2. The van der Waals surface area contributed by atoms with Crippen LogP contribution in [0.2, 0.25) is 0 Å². The topological polar surface area (TPSA) is 125 Å². The Morgan fingerprint density at radius 2 is 1.52 bits per heavy atom. The molecule has 2 N–H and O–H groups in total. The van der Waals surface area contributed by atoms with Gasteiger partial charge in [0, 0.05) is 56.6 Å². The van der Waals surface area contributed by atoms with Crippen molar-refractivity contribution in [3.63, 3.8) is 0 Å². The van der Waals surface area contributed by atoms with Crippen LogP contribution < -0.4 is 14.9 Å². The molecule has 5 aliphatic carbocycles. The Labute approximate surface area is 272 Å². The monoisotopic (exact) mass is 649 g/mol. The number of nitrogens with zero attached hydrogens (tertiary/aromatic N) is 3. The predicted octanol–water partition coefficient (Wildman–Crippen LogP) is 6.04. The highest BCUT2D eigenvalue weighted by atomic mass is 32.2. The summed E-state index contributed by atoms with van der Waals surface area (Å²) < 4.78 is 28.3. The van der Waals surface area contributed by atoms with Gasteiger partial charge in [-0.05, 0) is 117 Å². The Kier molecular flexibility index (Phi) is 8.73. The molecule has 5 saturated carbocycles. The normalized spacial score (nSPS) is 28.3. The van der Waals surface area contributed by atoms with Crippen molar-refractivity contribution in [2.75, 3.05) is 49.5 Å². The molecule has 11 heteroatoms. The molecule has 1 aliphatic heterocycles. The second kappa shape index (κ2) is 12.8. The molecule has 6 aliphatic rings. The number of nitro groups is 1. The molecule has 4 bridgehead atoms. The van der Waals surface area contributed by atoms with E-state index in [0.29, 0.717) is 17.9 Å². The Balaban J connectivity index is 0.933. The first-order valence-corrected chi connectivity index (χ1v) is 18.8. The molecule has 46 heavy (non-hydrogen) atoms. The molecule has 0 spiro atoms. The molecule has 248 valence electrons. The summed E-state index contributed by atoms with van der Waals surface area (Å²) >= 11 is 0. The first-order chi connectivity index (χ1) is 22.1. The predicted molar refractivity (Wildman–Crippen MR) is 179 cm³/mol. The number of carbonyl (C=O) groups is 1. The third-order valence-corrected chi connectivity index (χ3v) is 12.9. The molecular formula is C35H47N5O5S. The van der Waals surface area contributed by atoms with Crippen molar-refractivity contribution in [2.45, 2.75) is 75.5 Å². The van der Waals surface area contributed by atoms with Crippen molar-refractivity contribution in [1.29, 1.82) is 0 Å². The number of rotatable bonds is 10. The number of piperazine rings is 1. The number of nitro benzene ring substituents is 1. The zero-order valence-electron chi connectivity index (χ0n) is 26.7. The van der Waals surface area contributed by atoms with Crippen LogP contribution in [0.25, 0.3) is 0 Å². The maximum Gasteiger partial charge on any atom is 0.293 e. The van der Waals surface area contributed by atoms with Crippen molar-refractivity contribution >= 4 is 33.0 Å². The van der Waals surface area contributed by atoms with Crippen molar-refractivity contribution in [3.8, 4) is 0 Å². The number of amides is 1. The van der Waals surface area contributed by atoms with E-state index in [2.05, 4.69) is 19.8 Å². The summed E-state index contributed by atoms with van der Waals surface area (Å²) in [6, 6.07) is 10.8. The lowest BCUT2D eigenvalue weighted by Crippen LogP contribution is -2.55. The number of anilines is 2. The Morgan fingerprint density at radius 1 is 0.891 bits per heavy atom. The number of benzene rings is 2. The smallest absolute Gasteiger partial charge is 0.293 e. The van der Waals surface area contributed by atoms with Crippen LogP contribution in [-0.2, 0) is 10.0 Å². The van der Waals surface area contributed by atoms with E-state index < -0.39 is 20.9 Å². The fourth-order valence-corrected chi connectivity index (χ4v) is 10.8. The number of hydrogen-bond acceptors (Lipinski definition) is 8. The SMILES string of the molecule is O=C(NS(=O)(=O)c1ccc(NCC2CCCCC2)c([N+](=O)[O-])c1)c1ccc(N2CCN(CC34CC5CC(CC(C5)C3)C4)CC2)cc1. The molecule has 1 heterocycles. The van der Waals surface area contributed by atoms with Gasteiger partial charge in [0.05, 0.1) is 9.82 Å². The zero-order chi connectivity index (χ0) is 31.9. The van der Waals surface area contributed by atoms with Gasteiger partial charge in [-0.2, -0.15) is 0 Å². The summed E-state index contributed by atoms with van der Waals surface area (Å²) in [7, 11) is -4.32. The molecule has 6 fully saturated rings. The van der Waals surface area contributed by atoms with Gasteiger partial charge in [0.25, 0.3) is 21.6 Å². The average molecular weight is 650 g/mol. The number of carbonyl (C=O) groups excluding carboxylic acids is 1. The van der Waals surface area contributed by atoms with E-state index in [4.69, 9.17) is 0 Å². The van der Waals surface area contributed by atoms with E-state index in [1.165, 1.54) is 63.6 Å². The first kappa shape index (κ1) is 31.4. The largest absolute Gasteiger partial charge is 0.379 e. The molecule has 0 radical (unpaired) electrons. The van der Waals surface area contributed by atoms with Crippen LogP contribution in [0.5, 0.6) is 0 Å². The van der Waals surface area contributed by atoms with Crippen LogP contribution in [0.15, 0.2) is 47.4 Å². The lowest BCUT2D eigenvalue weighted by atomic mass is 9.49. The lowest BCUT2D eigenvalue weighted by Gasteiger charge is -2.58. The van der Waals surface area contributed by atoms with Crippen LogP contribution in [0.4, 0.5) is 17.1 Å². The van der Waals surface area contributed by atoms with Gasteiger partial charge in [-0.25, -0.2) is 13.1 Å². The Morgan fingerprint density at radius 3 is 2.13 bits per heavy atom. The average Bonchev–Trinajstić information content (AvgIpc) is 3.03. The fraction of sp³-hybridized carbons (Fsp3) is 0.629. The Bertz CT molecular complexity index is 1510. The van der Waals surface area contributed by atoms with Gasteiger partial charge in [-0.3, -0.25) is 19.8 Å². The van der Waals surface area contributed by atoms with E-state index in [-0.39, 0.29) is 21.8 Å². The first-order valence-electron chi connectivity index (χ1n) is 17.3. The highest BCUT2D eigenvalue weighted by molar-refractivity contribution is 7.90. The lowest BCUT2D eigenvalue weighted by molar-refractivity contribution is -0.384. The molecule has 8 rings (SSSR count). The molecule has 0 aromatic heterocycles. The minimum absolute atomic E-state index is 0.216. The van der Waals surface area contributed by atoms with Gasteiger partial charge in [0.1, 0.15) is 5.69 Å². The highest BCUT2D eigenvalue weighted by Gasteiger charge is 2.51. The summed E-state index contributed by atoms with van der Waals surface area (Å²) in [4.78, 5) is 28.9. The molecule has 0 unspecified atom stereocenters. The maximum atomic E-state index is 13.1. The van der Waals surface area contributed by atoms with Gasteiger partial charge in [-0.1, -0.05) is 19.3 Å². The van der Waals surface area contributed by atoms with Crippen LogP contribution in [0.1, 0.15) is 81.0 Å². The minimum Gasteiger partial charge on any atom is -0.379 e. The minimum atomic E-state index is -4.32. The van der Waals surface area contributed by atoms with Gasteiger partial charge in [-0.15, -0.1) is 0 Å². The van der Waals surface area contributed by atoms with Crippen molar-refractivity contribution in [1.82, 2.24) is 9.62 Å². The second-order valence-electron chi connectivity index (χ2n) is 15.0. The van der Waals surface area contributed by atoms with E-state index in [9.17, 15) is 23.3 Å². The highest BCUT2D eigenvalue weighted by Crippen LogP contribution is 2.60. The van der Waals surface area contributed by atoms with E-state index in [0.717, 1.165) is 81.4 Å². The maximum absolute atomic E-state index is 13.1. The zero-order valence-corrected chi connectivity index (χ0v) is 27.5.